The molecule has 0 aliphatic rings. The molecule has 1 heterocycles. The van der Waals surface area contributed by atoms with Gasteiger partial charge in [0, 0.05) is 33.5 Å². The van der Waals surface area contributed by atoms with Gasteiger partial charge in [-0.1, -0.05) is 212 Å². The highest BCUT2D eigenvalue weighted by molar-refractivity contribution is 6.16. The Labute approximate surface area is 397 Å². The van der Waals surface area contributed by atoms with Crippen LogP contribution in [-0.2, 0) is 0 Å². The molecule has 0 aliphatic heterocycles. The van der Waals surface area contributed by atoms with Crippen molar-refractivity contribution in [1.82, 2.24) is 4.57 Å². The van der Waals surface area contributed by atoms with Crippen molar-refractivity contribution in [2.75, 3.05) is 4.90 Å². The first-order valence-corrected chi connectivity index (χ1v) is 23.3. The van der Waals surface area contributed by atoms with Crippen LogP contribution >= 0.6 is 0 Å². The Balaban J connectivity index is 0.964. The molecule has 68 heavy (non-hydrogen) atoms. The summed E-state index contributed by atoms with van der Waals surface area (Å²) in [6.07, 6.45) is 0. The lowest BCUT2D eigenvalue weighted by molar-refractivity contribution is 1.18. The van der Waals surface area contributed by atoms with Crippen LogP contribution in [0.15, 0.2) is 279 Å². The first-order valence-electron chi connectivity index (χ1n) is 23.3. The molecule has 0 unspecified atom stereocenters. The van der Waals surface area contributed by atoms with Crippen molar-refractivity contribution in [1.29, 1.82) is 0 Å². The van der Waals surface area contributed by atoms with Crippen LogP contribution in [0.25, 0.3) is 94.3 Å². The van der Waals surface area contributed by atoms with E-state index in [9.17, 15) is 0 Å². The van der Waals surface area contributed by atoms with E-state index in [1.54, 1.807) is 0 Å². The van der Waals surface area contributed by atoms with E-state index < -0.39 is 0 Å². The second-order valence-electron chi connectivity index (χ2n) is 17.3. The lowest BCUT2D eigenvalue weighted by Gasteiger charge is -2.26. The maximum absolute atomic E-state index is 2.41. The lowest BCUT2D eigenvalue weighted by atomic mass is 9.96. The molecule has 12 rings (SSSR count). The predicted octanol–water partition coefficient (Wildman–Crippen LogP) is 18.3. The van der Waals surface area contributed by atoms with Crippen LogP contribution in [0.5, 0.6) is 0 Å². The number of anilines is 3. The maximum atomic E-state index is 2.41. The van der Waals surface area contributed by atoms with Gasteiger partial charge in [0.05, 0.1) is 11.0 Å². The highest BCUT2D eigenvalue weighted by Crippen LogP contribution is 2.43. The van der Waals surface area contributed by atoms with Gasteiger partial charge in [-0.15, -0.1) is 0 Å². The molecule has 2 nitrogen and oxygen atoms in total. The number of nitrogens with zero attached hydrogens (tertiary/aromatic N) is 2. The Morgan fingerprint density at radius 1 is 0.235 bits per heavy atom. The Hall–Kier alpha value is -8.98. The first kappa shape index (κ1) is 40.5. The quantitative estimate of drug-likeness (QED) is 0.133. The summed E-state index contributed by atoms with van der Waals surface area (Å²) in [5.74, 6) is 0. The molecular weight excluding hydrogens is 821 g/mol. The van der Waals surface area contributed by atoms with Crippen LogP contribution in [0, 0.1) is 0 Å². The van der Waals surface area contributed by atoms with Crippen molar-refractivity contribution < 1.29 is 0 Å². The molecule has 11 aromatic carbocycles. The molecule has 0 bridgehead atoms. The second kappa shape index (κ2) is 17.8. The SMILES string of the molecule is c1ccc(-c2ccc(-c3ccc(N(c4ccc(-c5ccc(-c6ccccc6)cc5)cc4)c4cccc(-c5cccc6c5c5cc(-c7ccccc7)ccc5n6-c5ccccc5)c4)cc3)cc2)cc1. The fraction of sp³-hybridized carbons (Fsp3) is 0. The molecule has 0 fully saturated rings. The van der Waals surface area contributed by atoms with E-state index in [1.165, 1.54) is 83.0 Å². The summed E-state index contributed by atoms with van der Waals surface area (Å²) in [5.41, 5.74) is 21.1. The first-order chi connectivity index (χ1) is 33.7. The van der Waals surface area contributed by atoms with E-state index in [4.69, 9.17) is 0 Å². The Kier molecular flexibility index (Phi) is 10.6. The molecule has 2 heteroatoms. The van der Waals surface area contributed by atoms with Crippen LogP contribution < -0.4 is 4.90 Å². The molecule has 0 aliphatic carbocycles. The summed E-state index contributed by atoms with van der Waals surface area (Å²) in [6.45, 7) is 0. The van der Waals surface area contributed by atoms with Crippen LogP contribution in [0.3, 0.4) is 0 Å². The standard InChI is InChI=1S/C66H46N2/c1-5-15-47(16-6-1)50-27-31-52(32-28-50)54-35-40-59(41-36-54)67(60-42-37-55(38-43-60)53-33-29-51(30-34-53)48-17-7-2-8-18-48)61-24-13-21-57(45-61)62-25-14-26-65-66(62)63-46-56(49-19-9-3-10-20-49)39-44-64(63)68(65)58-22-11-4-12-23-58/h1-46H. The Bertz CT molecular complexity index is 3530. The molecule has 12 aromatic rings. The summed E-state index contributed by atoms with van der Waals surface area (Å²) in [6, 6.07) is 101. The largest absolute Gasteiger partial charge is 0.310 e. The van der Waals surface area contributed by atoms with Gasteiger partial charge in [0.15, 0.2) is 0 Å². The highest BCUT2D eigenvalue weighted by Gasteiger charge is 2.19. The molecule has 0 atom stereocenters. The van der Waals surface area contributed by atoms with E-state index in [0.29, 0.717) is 0 Å². The minimum atomic E-state index is 1.08. The summed E-state index contributed by atoms with van der Waals surface area (Å²) < 4.78 is 2.41. The molecule has 0 saturated carbocycles. The third-order valence-electron chi connectivity index (χ3n) is 13.2. The van der Waals surface area contributed by atoms with E-state index >= 15 is 0 Å². The van der Waals surface area contributed by atoms with Crippen molar-refractivity contribution in [3.63, 3.8) is 0 Å². The van der Waals surface area contributed by atoms with E-state index in [-0.39, 0.29) is 0 Å². The molecule has 0 radical (unpaired) electrons. The average Bonchev–Trinajstić information content (AvgIpc) is 3.76. The molecule has 0 saturated heterocycles. The molecule has 0 N–H and O–H groups in total. The van der Waals surface area contributed by atoms with Gasteiger partial charge in [-0.05, 0) is 133 Å². The number of fused-ring (bicyclic) bond motifs is 3. The lowest BCUT2D eigenvalue weighted by Crippen LogP contribution is -2.10. The zero-order chi connectivity index (χ0) is 45.2. The van der Waals surface area contributed by atoms with E-state index in [2.05, 4.69) is 289 Å². The van der Waals surface area contributed by atoms with Crippen LogP contribution in [0.1, 0.15) is 0 Å². The number of aromatic nitrogens is 1. The predicted molar refractivity (Wildman–Crippen MR) is 288 cm³/mol. The van der Waals surface area contributed by atoms with Gasteiger partial charge in [0.25, 0.3) is 0 Å². The minimum Gasteiger partial charge on any atom is -0.310 e. The van der Waals surface area contributed by atoms with Crippen LogP contribution in [0.2, 0.25) is 0 Å². The van der Waals surface area contributed by atoms with Gasteiger partial charge in [0.2, 0.25) is 0 Å². The monoisotopic (exact) mass is 866 g/mol. The van der Waals surface area contributed by atoms with Crippen molar-refractivity contribution in [3.05, 3.63) is 279 Å². The van der Waals surface area contributed by atoms with Gasteiger partial charge in [-0.2, -0.15) is 0 Å². The van der Waals surface area contributed by atoms with E-state index in [1.807, 2.05) is 0 Å². The second-order valence-corrected chi connectivity index (χ2v) is 17.3. The number of hydrogen-bond donors (Lipinski definition) is 0. The van der Waals surface area contributed by atoms with E-state index in [0.717, 1.165) is 28.3 Å². The van der Waals surface area contributed by atoms with Crippen molar-refractivity contribution >= 4 is 38.9 Å². The van der Waals surface area contributed by atoms with Gasteiger partial charge in [-0.3, -0.25) is 0 Å². The van der Waals surface area contributed by atoms with Gasteiger partial charge >= 0.3 is 0 Å². The third-order valence-corrected chi connectivity index (χ3v) is 13.2. The Morgan fingerprint density at radius 3 is 1.10 bits per heavy atom. The van der Waals surface area contributed by atoms with Crippen molar-refractivity contribution in [2.45, 2.75) is 0 Å². The normalized spacial score (nSPS) is 11.2. The van der Waals surface area contributed by atoms with Crippen molar-refractivity contribution in [3.8, 4) is 72.4 Å². The van der Waals surface area contributed by atoms with Crippen LogP contribution in [0.4, 0.5) is 17.1 Å². The summed E-state index contributed by atoms with van der Waals surface area (Å²) >= 11 is 0. The van der Waals surface area contributed by atoms with Crippen LogP contribution in [-0.4, -0.2) is 4.57 Å². The smallest absolute Gasteiger partial charge is 0.0547 e. The Morgan fingerprint density at radius 2 is 0.618 bits per heavy atom. The van der Waals surface area contributed by atoms with Gasteiger partial charge < -0.3 is 9.47 Å². The minimum absolute atomic E-state index is 1.08. The summed E-state index contributed by atoms with van der Waals surface area (Å²) in [4.78, 5) is 2.38. The fourth-order valence-corrected chi connectivity index (χ4v) is 9.81. The summed E-state index contributed by atoms with van der Waals surface area (Å²) in [7, 11) is 0. The van der Waals surface area contributed by atoms with Gasteiger partial charge in [0.1, 0.15) is 0 Å². The van der Waals surface area contributed by atoms with Gasteiger partial charge in [-0.25, -0.2) is 0 Å². The third kappa shape index (κ3) is 7.74. The highest BCUT2D eigenvalue weighted by atomic mass is 15.1. The molecule has 320 valence electrons. The maximum Gasteiger partial charge on any atom is 0.0547 e. The number of rotatable bonds is 10. The topological polar surface area (TPSA) is 8.17 Å². The molecule has 1 aromatic heterocycles. The zero-order valence-corrected chi connectivity index (χ0v) is 37.5. The average molecular weight is 867 g/mol. The molecule has 0 spiro atoms. The molecular formula is C66H46N2. The number of benzene rings is 11. The van der Waals surface area contributed by atoms with Crippen molar-refractivity contribution in [2.24, 2.45) is 0 Å². The zero-order valence-electron chi connectivity index (χ0n) is 37.5. The summed E-state index contributed by atoms with van der Waals surface area (Å²) in [5, 5.41) is 2.46. The fourth-order valence-electron chi connectivity index (χ4n) is 9.81. The number of para-hydroxylation sites is 1. The molecule has 0 amide bonds. The number of hydrogen-bond acceptors (Lipinski definition) is 1.